The molecule has 5 aromatic rings. The van der Waals surface area contributed by atoms with Gasteiger partial charge in [0.15, 0.2) is 0 Å². The third-order valence-corrected chi connectivity index (χ3v) is 7.97. The number of rotatable bonds is 8. The van der Waals surface area contributed by atoms with Crippen LogP contribution in [-0.4, -0.2) is 22.9 Å². The highest BCUT2D eigenvalue weighted by Gasteiger charge is 2.22. The zero-order chi connectivity index (χ0) is 26.6. The van der Waals surface area contributed by atoms with Gasteiger partial charge in [-0.25, -0.2) is 4.79 Å². The van der Waals surface area contributed by atoms with E-state index in [9.17, 15) is 9.90 Å². The van der Waals surface area contributed by atoms with E-state index in [4.69, 9.17) is 9.47 Å². The third-order valence-electron chi connectivity index (χ3n) is 7.97. The van der Waals surface area contributed by atoms with E-state index in [1.165, 1.54) is 43.2 Å². The number of para-hydroxylation sites is 1. The van der Waals surface area contributed by atoms with Crippen LogP contribution in [0.2, 0.25) is 0 Å². The smallest absolute Gasteiger partial charge is 0.493 e. The molecular formula is C34H33NO4. The monoisotopic (exact) mass is 519 g/mol. The number of aromatic amines is 1. The zero-order valence-electron chi connectivity index (χ0n) is 22.0. The first-order chi connectivity index (χ1) is 19.2. The van der Waals surface area contributed by atoms with E-state index in [1.807, 2.05) is 30.3 Å². The molecule has 0 unspecified atom stereocenters. The molecule has 198 valence electrons. The van der Waals surface area contributed by atoms with Crippen molar-refractivity contribution in [3.63, 3.8) is 0 Å². The fourth-order valence-corrected chi connectivity index (χ4v) is 6.16. The van der Waals surface area contributed by atoms with Gasteiger partial charge in [0.1, 0.15) is 5.75 Å². The highest BCUT2D eigenvalue weighted by Crippen LogP contribution is 2.41. The average Bonchev–Trinajstić information content (AvgIpc) is 3.32. The molecule has 1 aromatic heterocycles. The van der Waals surface area contributed by atoms with Crippen LogP contribution in [0.5, 0.6) is 11.6 Å². The van der Waals surface area contributed by atoms with Crippen LogP contribution in [0.15, 0.2) is 84.9 Å². The molecule has 0 aliphatic heterocycles. The van der Waals surface area contributed by atoms with Gasteiger partial charge in [-0.3, -0.25) is 0 Å². The molecule has 5 heteroatoms. The molecular weight excluding hydrogens is 486 g/mol. The number of ether oxygens (including phenoxy) is 2. The van der Waals surface area contributed by atoms with Crippen molar-refractivity contribution in [1.29, 1.82) is 0 Å². The van der Waals surface area contributed by atoms with Gasteiger partial charge in [-0.05, 0) is 54.2 Å². The molecule has 1 aliphatic rings. The van der Waals surface area contributed by atoms with E-state index in [0.29, 0.717) is 24.8 Å². The molecule has 1 heterocycles. The molecule has 0 radical (unpaired) electrons. The molecule has 0 amide bonds. The van der Waals surface area contributed by atoms with Crippen LogP contribution < -0.4 is 9.47 Å². The summed E-state index contributed by atoms with van der Waals surface area (Å²) < 4.78 is 11.4. The van der Waals surface area contributed by atoms with Crippen molar-refractivity contribution >= 4 is 27.8 Å². The highest BCUT2D eigenvalue weighted by molar-refractivity contribution is 5.98. The molecule has 39 heavy (non-hydrogen) atoms. The van der Waals surface area contributed by atoms with Gasteiger partial charge in [-0.1, -0.05) is 98.1 Å². The second kappa shape index (κ2) is 11.2. The molecule has 1 aliphatic carbocycles. The van der Waals surface area contributed by atoms with Crippen molar-refractivity contribution < 1.29 is 19.4 Å². The summed E-state index contributed by atoms with van der Waals surface area (Å²) in [6.07, 6.45) is 6.31. The first-order valence-electron chi connectivity index (χ1n) is 13.9. The highest BCUT2D eigenvalue weighted by atomic mass is 16.7. The summed E-state index contributed by atoms with van der Waals surface area (Å²) in [6, 6.07) is 29.1. The van der Waals surface area contributed by atoms with Crippen LogP contribution in [0.4, 0.5) is 4.79 Å². The van der Waals surface area contributed by atoms with Gasteiger partial charge in [0.2, 0.25) is 5.88 Å². The number of fused-ring (bicyclic) bond motifs is 2. The lowest BCUT2D eigenvalue weighted by Crippen LogP contribution is -2.06. The normalized spacial score (nSPS) is 14.1. The van der Waals surface area contributed by atoms with Crippen LogP contribution in [0.25, 0.3) is 32.8 Å². The quantitative estimate of drug-likeness (QED) is 0.158. The van der Waals surface area contributed by atoms with E-state index in [2.05, 4.69) is 59.6 Å². The molecule has 0 saturated heterocycles. The number of benzene rings is 4. The molecule has 0 atom stereocenters. The lowest BCUT2D eigenvalue weighted by Gasteiger charge is -2.24. The van der Waals surface area contributed by atoms with Gasteiger partial charge in [-0.15, -0.1) is 0 Å². The van der Waals surface area contributed by atoms with Crippen molar-refractivity contribution in [3.05, 3.63) is 96.1 Å². The van der Waals surface area contributed by atoms with Gasteiger partial charge in [-0.2, -0.15) is 0 Å². The van der Waals surface area contributed by atoms with E-state index >= 15 is 0 Å². The van der Waals surface area contributed by atoms with Gasteiger partial charge in [0, 0.05) is 21.9 Å². The van der Waals surface area contributed by atoms with Crippen LogP contribution in [-0.2, 0) is 6.42 Å². The summed E-state index contributed by atoms with van der Waals surface area (Å²) >= 11 is 0. The number of aryl methyl sites for hydroxylation is 1. The number of hydrogen-bond donors (Lipinski definition) is 2. The van der Waals surface area contributed by atoms with Crippen molar-refractivity contribution in [1.82, 2.24) is 4.98 Å². The van der Waals surface area contributed by atoms with Crippen molar-refractivity contribution in [2.75, 3.05) is 6.61 Å². The molecule has 2 N–H and O–H groups in total. The SMILES string of the molecule is O=C(O)Oc1[nH]c2c(-c3ccccc3C3CCCCC3)cccc2c1CCCOc1cccc2ccccc12. The topological polar surface area (TPSA) is 71.5 Å². The molecule has 6 rings (SSSR count). The number of carbonyl (C=O) groups is 1. The Morgan fingerprint density at radius 1 is 0.821 bits per heavy atom. The summed E-state index contributed by atoms with van der Waals surface area (Å²) in [5, 5.41) is 12.7. The lowest BCUT2D eigenvalue weighted by molar-refractivity contribution is 0.142. The maximum absolute atomic E-state index is 11.6. The summed E-state index contributed by atoms with van der Waals surface area (Å²) in [5.41, 5.74) is 5.46. The Bertz CT molecular complexity index is 1610. The summed E-state index contributed by atoms with van der Waals surface area (Å²) in [4.78, 5) is 14.9. The second-order valence-electron chi connectivity index (χ2n) is 10.4. The first kappa shape index (κ1) is 25.1. The minimum absolute atomic E-state index is 0.297. The van der Waals surface area contributed by atoms with E-state index < -0.39 is 6.16 Å². The lowest BCUT2D eigenvalue weighted by atomic mass is 9.80. The first-order valence-corrected chi connectivity index (χ1v) is 13.9. The van der Waals surface area contributed by atoms with Gasteiger partial charge in [0.25, 0.3) is 0 Å². The van der Waals surface area contributed by atoms with Crippen LogP contribution in [0, 0.1) is 0 Å². The Morgan fingerprint density at radius 3 is 2.41 bits per heavy atom. The molecule has 1 saturated carbocycles. The minimum Gasteiger partial charge on any atom is -0.493 e. The predicted octanol–water partition coefficient (Wildman–Crippen LogP) is 9.10. The fraction of sp³-hybridized carbons (Fsp3) is 0.265. The van der Waals surface area contributed by atoms with Crippen LogP contribution in [0.1, 0.15) is 55.6 Å². The molecule has 1 fully saturated rings. The van der Waals surface area contributed by atoms with E-state index in [1.54, 1.807) is 0 Å². The number of carboxylic acid groups (broad SMARTS) is 1. The van der Waals surface area contributed by atoms with E-state index in [-0.39, 0.29) is 0 Å². The molecule has 4 aromatic carbocycles. The van der Waals surface area contributed by atoms with Gasteiger partial charge < -0.3 is 19.6 Å². The largest absolute Gasteiger partial charge is 0.512 e. The molecule has 0 spiro atoms. The Labute approximate surface area is 228 Å². The van der Waals surface area contributed by atoms with Gasteiger partial charge >= 0.3 is 6.16 Å². The Kier molecular flexibility index (Phi) is 7.22. The Hall–Kier alpha value is -4.25. The van der Waals surface area contributed by atoms with Crippen molar-refractivity contribution in [2.45, 2.75) is 50.9 Å². The van der Waals surface area contributed by atoms with Gasteiger partial charge in [0.05, 0.1) is 12.1 Å². The number of H-pyrrole nitrogens is 1. The maximum Gasteiger partial charge on any atom is 0.512 e. The van der Waals surface area contributed by atoms with Crippen molar-refractivity contribution in [3.8, 4) is 22.8 Å². The zero-order valence-corrected chi connectivity index (χ0v) is 22.0. The summed E-state index contributed by atoms with van der Waals surface area (Å²) in [7, 11) is 0. The Balaban J connectivity index is 1.29. The fourth-order valence-electron chi connectivity index (χ4n) is 6.16. The summed E-state index contributed by atoms with van der Waals surface area (Å²) in [5.74, 6) is 1.71. The Morgan fingerprint density at radius 2 is 1.54 bits per heavy atom. The van der Waals surface area contributed by atoms with Crippen LogP contribution in [0.3, 0.4) is 0 Å². The molecule has 5 nitrogen and oxygen atoms in total. The third kappa shape index (κ3) is 5.22. The average molecular weight is 520 g/mol. The molecule has 0 bridgehead atoms. The summed E-state index contributed by atoms with van der Waals surface area (Å²) in [6.45, 7) is 0.511. The standard InChI is InChI=1S/C34H33NO4/c36-34(37)39-33-30(20-10-22-38-31-21-8-14-24-13-4-5-16-26(24)31)29-19-9-18-28(32(29)35-33)27-17-7-6-15-25(27)23-11-2-1-3-12-23/h4-9,13-19,21,23,35H,1-3,10-12,20,22H2,(H,36,37). The second-order valence-corrected chi connectivity index (χ2v) is 10.4. The minimum atomic E-state index is -1.32. The number of hydrogen-bond acceptors (Lipinski definition) is 3. The van der Waals surface area contributed by atoms with E-state index in [0.717, 1.165) is 45.0 Å². The van der Waals surface area contributed by atoms with Crippen LogP contribution >= 0.6 is 0 Å². The van der Waals surface area contributed by atoms with Crippen molar-refractivity contribution in [2.24, 2.45) is 0 Å². The predicted molar refractivity (Wildman–Crippen MR) is 156 cm³/mol. The number of aromatic nitrogens is 1. The maximum atomic E-state index is 11.6. The number of nitrogens with one attached hydrogen (secondary N) is 1.